The second-order valence-corrected chi connectivity index (χ2v) is 11.6. The molecule has 0 atom stereocenters. The molecule has 0 unspecified atom stereocenters. The van der Waals surface area contributed by atoms with Gasteiger partial charge in [-0.25, -0.2) is 0 Å². The van der Waals surface area contributed by atoms with Crippen LogP contribution in [-0.2, 0) is 45.4 Å². The molecule has 0 aliphatic heterocycles. The van der Waals surface area contributed by atoms with E-state index in [0.717, 1.165) is 86.8 Å². The lowest BCUT2D eigenvalue weighted by Crippen LogP contribution is -2.16. The SMILES string of the molecule is CCCCOCc1cc(-c2cc(COCCCC)c(C3CCC3)c(COCCCC)c2)cc(COCCCC)c1O. The van der Waals surface area contributed by atoms with Crippen molar-refractivity contribution in [2.75, 3.05) is 26.4 Å². The van der Waals surface area contributed by atoms with Gasteiger partial charge in [0.15, 0.2) is 0 Å². The Morgan fingerprint density at radius 1 is 0.561 bits per heavy atom. The van der Waals surface area contributed by atoms with Gasteiger partial charge in [0.2, 0.25) is 0 Å². The zero-order chi connectivity index (χ0) is 29.3. The molecule has 1 aliphatic rings. The minimum Gasteiger partial charge on any atom is -0.507 e. The van der Waals surface area contributed by atoms with Crippen LogP contribution < -0.4 is 0 Å². The van der Waals surface area contributed by atoms with E-state index in [-0.39, 0.29) is 0 Å². The van der Waals surface area contributed by atoms with E-state index in [1.54, 1.807) is 0 Å². The zero-order valence-corrected chi connectivity index (χ0v) is 26.4. The molecule has 0 heterocycles. The van der Waals surface area contributed by atoms with E-state index in [9.17, 15) is 5.11 Å². The predicted molar refractivity (Wildman–Crippen MR) is 168 cm³/mol. The lowest BCUT2D eigenvalue weighted by atomic mass is 9.75. The molecule has 0 saturated heterocycles. The summed E-state index contributed by atoms with van der Waals surface area (Å²) >= 11 is 0. The topological polar surface area (TPSA) is 57.2 Å². The first-order valence-corrected chi connectivity index (χ1v) is 16.4. The van der Waals surface area contributed by atoms with Crippen molar-refractivity contribution in [3.8, 4) is 16.9 Å². The van der Waals surface area contributed by atoms with E-state index in [1.165, 1.54) is 36.0 Å². The van der Waals surface area contributed by atoms with E-state index in [0.29, 0.717) is 51.3 Å². The Bertz CT molecular complexity index is 947. The number of aromatic hydroxyl groups is 1. The Morgan fingerprint density at radius 2 is 0.902 bits per heavy atom. The van der Waals surface area contributed by atoms with Crippen molar-refractivity contribution in [1.82, 2.24) is 0 Å². The van der Waals surface area contributed by atoms with Crippen molar-refractivity contribution in [3.63, 3.8) is 0 Å². The fourth-order valence-corrected chi connectivity index (χ4v) is 5.27. The molecule has 230 valence electrons. The average molecular weight is 569 g/mol. The van der Waals surface area contributed by atoms with Crippen LogP contribution in [0.5, 0.6) is 5.75 Å². The molecule has 0 spiro atoms. The highest BCUT2D eigenvalue weighted by atomic mass is 16.5. The van der Waals surface area contributed by atoms with Gasteiger partial charge in [-0.15, -0.1) is 0 Å². The van der Waals surface area contributed by atoms with Crippen molar-refractivity contribution in [3.05, 3.63) is 52.1 Å². The van der Waals surface area contributed by atoms with Crippen LogP contribution in [0.15, 0.2) is 24.3 Å². The first-order chi connectivity index (χ1) is 20.1. The molecule has 5 nitrogen and oxygen atoms in total. The molecule has 1 aliphatic carbocycles. The third-order valence-corrected chi connectivity index (χ3v) is 8.07. The molecule has 0 bridgehead atoms. The zero-order valence-electron chi connectivity index (χ0n) is 26.4. The van der Waals surface area contributed by atoms with Gasteiger partial charge >= 0.3 is 0 Å². The van der Waals surface area contributed by atoms with E-state index in [1.807, 2.05) is 0 Å². The van der Waals surface area contributed by atoms with Crippen LogP contribution in [0.4, 0.5) is 0 Å². The predicted octanol–water partition coefficient (Wildman–Crippen LogP) is 9.59. The summed E-state index contributed by atoms with van der Waals surface area (Å²) in [7, 11) is 0. The maximum atomic E-state index is 11.2. The summed E-state index contributed by atoms with van der Waals surface area (Å²) in [5.74, 6) is 0.877. The summed E-state index contributed by atoms with van der Waals surface area (Å²) < 4.78 is 24.3. The molecular weight excluding hydrogens is 512 g/mol. The normalized spacial score (nSPS) is 13.6. The van der Waals surface area contributed by atoms with E-state index < -0.39 is 0 Å². The maximum absolute atomic E-state index is 11.2. The Balaban J connectivity index is 2.01. The molecule has 1 fully saturated rings. The quantitative estimate of drug-likeness (QED) is 0.143. The molecule has 1 saturated carbocycles. The summed E-state index contributed by atoms with van der Waals surface area (Å²) in [5.41, 5.74) is 7.86. The largest absolute Gasteiger partial charge is 0.507 e. The van der Waals surface area contributed by atoms with Crippen LogP contribution >= 0.6 is 0 Å². The van der Waals surface area contributed by atoms with E-state index in [2.05, 4.69) is 52.0 Å². The number of phenols is 1. The molecule has 2 aromatic carbocycles. The van der Waals surface area contributed by atoms with Crippen molar-refractivity contribution in [1.29, 1.82) is 0 Å². The van der Waals surface area contributed by atoms with Gasteiger partial charge in [-0.3, -0.25) is 0 Å². The third-order valence-electron chi connectivity index (χ3n) is 8.07. The molecule has 0 radical (unpaired) electrons. The van der Waals surface area contributed by atoms with Crippen LogP contribution in [0.3, 0.4) is 0 Å². The van der Waals surface area contributed by atoms with Crippen molar-refractivity contribution in [2.24, 2.45) is 0 Å². The molecule has 41 heavy (non-hydrogen) atoms. The van der Waals surface area contributed by atoms with Gasteiger partial charge in [-0.1, -0.05) is 59.8 Å². The number of unbranched alkanes of at least 4 members (excludes halogenated alkanes) is 4. The Kier molecular flexibility index (Phi) is 15.8. The molecule has 5 heteroatoms. The minimum absolute atomic E-state index is 0.291. The van der Waals surface area contributed by atoms with Gasteiger partial charge in [-0.2, -0.15) is 0 Å². The highest BCUT2D eigenvalue weighted by Gasteiger charge is 2.26. The van der Waals surface area contributed by atoms with Gasteiger partial charge in [-0.05, 0) is 96.5 Å². The van der Waals surface area contributed by atoms with Gasteiger partial charge in [0.25, 0.3) is 0 Å². The summed E-state index contributed by atoms with van der Waals surface area (Å²) in [5, 5.41) is 11.2. The smallest absolute Gasteiger partial charge is 0.126 e. The van der Waals surface area contributed by atoms with Crippen molar-refractivity contribution in [2.45, 2.75) is 131 Å². The van der Waals surface area contributed by atoms with Crippen molar-refractivity contribution >= 4 is 0 Å². The second kappa shape index (κ2) is 19.3. The summed E-state index contributed by atoms with van der Waals surface area (Å²) in [6.07, 6.45) is 12.4. The van der Waals surface area contributed by atoms with Crippen LogP contribution in [0.1, 0.15) is 132 Å². The Labute approximate surface area is 249 Å². The van der Waals surface area contributed by atoms with Crippen LogP contribution in [0, 0.1) is 0 Å². The third kappa shape index (κ3) is 10.7. The van der Waals surface area contributed by atoms with Crippen LogP contribution in [0.2, 0.25) is 0 Å². The number of hydrogen-bond donors (Lipinski definition) is 1. The summed E-state index contributed by atoms with van der Waals surface area (Å²) in [4.78, 5) is 0. The average Bonchev–Trinajstić information content (AvgIpc) is 2.95. The van der Waals surface area contributed by atoms with Gasteiger partial charge < -0.3 is 24.1 Å². The fraction of sp³-hybridized carbons (Fsp3) is 0.667. The molecule has 0 amide bonds. The number of ether oxygens (including phenoxy) is 4. The van der Waals surface area contributed by atoms with Gasteiger partial charge in [0, 0.05) is 37.6 Å². The second-order valence-electron chi connectivity index (χ2n) is 11.6. The molecular formula is C36H56O5. The monoisotopic (exact) mass is 568 g/mol. The number of phenolic OH excluding ortho intramolecular Hbond substituents is 1. The number of rotatable bonds is 22. The number of hydrogen-bond acceptors (Lipinski definition) is 5. The molecule has 2 aromatic rings. The van der Waals surface area contributed by atoms with Crippen LogP contribution in [0.25, 0.3) is 11.1 Å². The summed E-state index contributed by atoms with van der Waals surface area (Å²) in [6.45, 7) is 13.7. The maximum Gasteiger partial charge on any atom is 0.126 e. The van der Waals surface area contributed by atoms with Crippen molar-refractivity contribution < 1.29 is 24.1 Å². The Morgan fingerprint density at radius 3 is 1.22 bits per heavy atom. The lowest BCUT2D eigenvalue weighted by Gasteiger charge is -2.31. The minimum atomic E-state index is 0.291. The standard InChI is InChI=1S/C36H56O5/c1-5-9-16-38-24-31-20-29(21-32(25-39-17-10-6-2)35(31)28-14-13-15-28)30-22-33(26-40-18-11-7-3)36(37)34(23-30)27-41-19-12-8-4/h20-23,28,37H,5-19,24-27H2,1-4H3. The number of benzene rings is 2. The molecule has 1 N–H and O–H groups in total. The fourth-order valence-electron chi connectivity index (χ4n) is 5.27. The van der Waals surface area contributed by atoms with Gasteiger partial charge in [0.05, 0.1) is 26.4 Å². The first-order valence-electron chi connectivity index (χ1n) is 16.4. The van der Waals surface area contributed by atoms with E-state index in [4.69, 9.17) is 18.9 Å². The highest BCUT2D eigenvalue weighted by Crippen LogP contribution is 2.42. The van der Waals surface area contributed by atoms with Gasteiger partial charge in [0.1, 0.15) is 5.75 Å². The molecule has 3 rings (SSSR count). The first kappa shape index (κ1) is 33.6. The van der Waals surface area contributed by atoms with Crippen LogP contribution in [-0.4, -0.2) is 31.5 Å². The molecule has 0 aromatic heterocycles. The Hall–Kier alpha value is -1.92. The lowest BCUT2D eigenvalue weighted by molar-refractivity contribution is 0.111. The van der Waals surface area contributed by atoms with E-state index >= 15 is 0 Å². The highest BCUT2D eigenvalue weighted by molar-refractivity contribution is 5.70. The summed E-state index contributed by atoms with van der Waals surface area (Å²) in [6, 6.07) is 8.84.